The summed E-state index contributed by atoms with van der Waals surface area (Å²) in [7, 11) is 1.55. The Bertz CT molecular complexity index is 994. The highest BCUT2D eigenvalue weighted by atomic mass is 32.1. The van der Waals surface area contributed by atoms with Crippen molar-refractivity contribution in [3.8, 4) is 6.07 Å². The Morgan fingerprint density at radius 1 is 1.31 bits per heavy atom. The van der Waals surface area contributed by atoms with Gasteiger partial charge in [-0.05, 0) is 24.6 Å². The number of thiophene rings is 1. The van der Waals surface area contributed by atoms with Gasteiger partial charge in [-0.15, -0.1) is 11.3 Å². The number of anilines is 2. The van der Waals surface area contributed by atoms with Gasteiger partial charge < -0.3 is 14.8 Å². The molecule has 7 nitrogen and oxygen atoms in total. The van der Waals surface area contributed by atoms with Gasteiger partial charge in [-0.25, -0.2) is 14.8 Å². The van der Waals surface area contributed by atoms with Crippen LogP contribution in [0.25, 0.3) is 10.2 Å². The van der Waals surface area contributed by atoms with Crippen LogP contribution in [0.5, 0.6) is 0 Å². The number of methoxy groups -OCH3 is 1. The molecule has 0 spiro atoms. The highest BCUT2D eigenvalue weighted by Gasteiger charge is 2.20. The van der Waals surface area contributed by atoms with E-state index in [0.29, 0.717) is 33.4 Å². The molecule has 3 aromatic rings. The summed E-state index contributed by atoms with van der Waals surface area (Å²) >= 11 is 1.25. The fraction of sp³-hybridized carbons (Fsp3) is 0.222. The van der Waals surface area contributed by atoms with Crippen molar-refractivity contribution in [2.24, 2.45) is 0 Å². The Labute approximate surface area is 154 Å². The molecule has 0 saturated heterocycles. The lowest BCUT2D eigenvalue weighted by Crippen LogP contribution is -2.09. The molecule has 0 saturated carbocycles. The molecule has 3 rings (SSSR count). The zero-order valence-electron chi connectivity index (χ0n) is 14.3. The lowest BCUT2D eigenvalue weighted by Gasteiger charge is -2.08. The van der Waals surface area contributed by atoms with Crippen LogP contribution in [-0.2, 0) is 9.47 Å². The van der Waals surface area contributed by atoms with Crippen molar-refractivity contribution in [1.29, 1.82) is 5.26 Å². The number of carbonyl (C=O) groups excluding carboxylic acids is 1. The monoisotopic (exact) mass is 368 g/mol. The summed E-state index contributed by atoms with van der Waals surface area (Å²) in [6.45, 7) is 2.36. The number of nitrogens with zero attached hydrogens (tertiary/aromatic N) is 3. The van der Waals surface area contributed by atoms with Crippen LogP contribution >= 0.6 is 11.3 Å². The van der Waals surface area contributed by atoms with Crippen molar-refractivity contribution in [2.75, 3.05) is 25.6 Å². The van der Waals surface area contributed by atoms with Crippen LogP contribution in [0, 0.1) is 18.3 Å². The lowest BCUT2D eigenvalue weighted by molar-refractivity contribution is 0.0393. The maximum atomic E-state index is 12.3. The van der Waals surface area contributed by atoms with Crippen molar-refractivity contribution in [3.63, 3.8) is 0 Å². The SMILES string of the molecule is COCCOC(=O)c1sc2ncnc(Nc3ccccc3C#N)c2c1C. The van der Waals surface area contributed by atoms with Gasteiger partial charge in [0.2, 0.25) is 0 Å². The predicted molar refractivity (Wildman–Crippen MR) is 98.8 cm³/mol. The first-order valence-electron chi connectivity index (χ1n) is 7.82. The Morgan fingerprint density at radius 2 is 2.12 bits per heavy atom. The number of hydrogen-bond acceptors (Lipinski definition) is 8. The number of nitriles is 1. The zero-order valence-corrected chi connectivity index (χ0v) is 15.1. The van der Waals surface area contributed by atoms with Crippen molar-refractivity contribution in [3.05, 3.63) is 46.6 Å². The molecular formula is C18H16N4O3S. The molecule has 0 fully saturated rings. The number of para-hydroxylation sites is 1. The standard InChI is InChI=1S/C18H16N4O3S/c1-11-14-16(22-13-6-4-3-5-12(13)9-19)20-10-21-17(14)26-15(11)18(23)25-8-7-24-2/h3-6,10H,7-8H2,1-2H3,(H,20,21,22). The number of nitrogens with one attached hydrogen (secondary N) is 1. The number of esters is 1. The number of benzene rings is 1. The molecule has 132 valence electrons. The number of aromatic nitrogens is 2. The van der Waals surface area contributed by atoms with Gasteiger partial charge in [0.1, 0.15) is 34.5 Å². The third kappa shape index (κ3) is 3.49. The first-order chi connectivity index (χ1) is 12.7. The number of hydrogen-bond donors (Lipinski definition) is 1. The largest absolute Gasteiger partial charge is 0.459 e. The van der Waals surface area contributed by atoms with Gasteiger partial charge in [-0.1, -0.05) is 12.1 Å². The Hall–Kier alpha value is -3.02. The second-order valence-electron chi connectivity index (χ2n) is 5.37. The maximum absolute atomic E-state index is 12.3. The molecule has 0 aliphatic heterocycles. The molecule has 0 atom stereocenters. The molecule has 0 amide bonds. The minimum absolute atomic E-state index is 0.190. The van der Waals surface area contributed by atoms with Crippen LogP contribution in [0.4, 0.5) is 11.5 Å². The van der Waals surface area contributed by atoms with E-state index >= 15 is 0 Å². The molecule has 0 bridgehead atoms. The first kappa shape index (κ1) is 17.8. The Morgan fingerprint density at radius 3 is 2.88 bits per heavy atom. The van der Waals surface area contributed by atoms with Crippen molar-refractivity contribution >= 4 is 39.0 Å². The number of ether oxygens (including phenoxy) is 2. The second kappa shape index (κ2) is 7.91. The van der Waals surface area contributed by atoms with Crippen LogP contribution in [0.2, 0.25) is 0 Å². The van der Waals surface area contributed by atoms with Gasteiger partial charge in [0.15, 0.2) is 0 Å². The second-order valence-corrected chi connectivity index (χ2v) is 6.37. The van der Waals surface area contributed by atoms with E-state index in [2.05, 4.69) is 21.4 Å². The minimum atomic E-state index is -0.411. The maximum Gasteiger partial charge on any atom is 0.348 e. The van der Waals surface area contributed by atoms with E-state index in [4.69, 9.17) is 9.47 Å². The summed E-state index contributed by atoms with van der Waals surface area (Å²) in [5.74, 6) is 0.133. The number of aryl methyl sites for hydroxylation is 1. The van der Waals surface area contributed by atoms with E-state index in [-0.39, 0.29) is 6.61 Å². The lowest BCUT2D eigenvalue weighted by atomic mass is 10.1. The van der Waals surface area contributed by atoms with Crippen molar-refractivity contribution in [1.82, 2.24) is 9.97 Å². The third-order valence-corrected chi connectivity index (χ3v) is 4.91. The molecule has 1 aromatic carbocycles. The summed E-state index contributed by atoms with van der Waals surface area (Å²) < 4.78 is 10.1. The highest BCUT2D eigenvalue weighted by Crippen LogP contribution is 2.35. The number of carbonyl (C=O) groups is 1. The van der Waals surface area contributed by atoms with Crippen LogP contribution in [0.1, 0.15) is 20.8 Å². The van der Waals surface area contributed by atoms with Gasteiger partial charge in [0.05, 0.1) is 23.2 Å². The molecule has 2 heterocycles. The molecule has 1 N–H and O–H groups in total. The summed E-state index contributed by atoms with van der Waals surface area (Å²) in [6, 6.07) is 9.29. The Kier molecular flexibility index (Phi) is 5.41. The van der Waals surface area contributed by atoms with Crippen LogP contribution in [0.3, 0.4) is 0 Å². The fourth-order valence-corrected chi connectivity index (χ4v) is 3.50. The van der Waals surface area contributed by atoms with Crippen LogP contribution in [-0.4, -0.2) is 36.3 Å². The molecule has 0 aliphatic carbocycles. The minimum Gasteiger partial charge on any atom is -0.459 e. The van der Waals surface area contributed by atoms with Gasteiger partial charge in [0.25, 0.3) is 0 Å². The molecule has 26 heavy (non-hydrogen) atoms. The summed E-state index contributed by atoms with van der Waals surface area (Å²) in [5.41, 5.74) is 1.89. The van der Waals surface area contributed by atoms with Gasteiger partial charge in [-0.3, -0.25) is 0 Å². The molecular weight excluding hydrogens is 352 g/mol. The molecule has 2 aromatic heterocycles. The van der Waals surface area contributed by atoms with Crippen LogP contribution in [0.15, 0.2) is 30.6 Å². The summed E-state index contributed by atoms with van der Waals surface area (Å²) in [6.07, 6.45) is 1.43. The molecule has 0 radical (unpaired) electrons. The zero-order chi connectivity index (χ0) is 18.5. The van der Waals surface area contributed by atoms with E-state index in [9.17, 15) is 10.1 Å². The molecule has 0 aliphatic rings. The quantitative estimate of drug-likeness (QED) is 0.526. The van der Waals surface area contributed by atoms with E-state index in [1.54, 1.807) is 25.3 Å². The normalized spacial score (nSPS) is 10.5. The molecule has 0 unspecified atom stereocenters. The number of rotatable bonds is 6. The number of fused-ring (bicyclic) bond motifs is 1. The smallest absolute Gasteiger partial charge is 0.348 e. The van der Waals surface area contributed by atoms with Crippen molar-refractivity contribution in [2.45, 2.75) is 6.92 Å². The average Bonchev–Trinajstić information content (AvgIpc) is 3.00. The van der Waals surface area contributed by atoms with Gasteiger partial charge >= 0.3 is 5.97 Å². The van der Waals surface area contributed by atoms with Crippen molar-refractivity contribution < 1.29 is 14.3 Å². The van der Waals surface area contributed by atoms with E-state index in [0.717, 1.165) is 10.9 Å². The highest BCUT2D eigenvalue weighted by molar-refractivity contribution is 7.20. The average molecular weight is 368 g/mol. The topological polar surface area (TPSA) is 97.1 Å². The first-order valence-corrected chi connectivity index (χ1v) is 8.63. The van der Waals surface area contributed by atoms with E-state index < -0.39 is 5.97 Å². The summed E-state index contributed by atoms with van der Waals surface area (Å²) in [5, 5.41) is 13.2. The third-order valence-electron chi connectivity index (χ3n) is 3.73. The van der Waals surface area contributed by atoms with E-state index in [1.807, 2.05) is 13.0 Å². The van der Waals surface area contributed by atoms with Gasteiger partial charge in [0, 0.05) is 7.11 Å². The summed E-state index contributed by atoms with van der Waals surface area (Å²) in [4.78, 5) is 22.0. The Balaban J connectivity index is 1.98. The van der Waals surface area contributed by atoms with E-state index in [1.165, 1.54) is 17.7 Å². The van der Waals surface area contributed by atoms with Crippen LogP contribution < -0.4 is 5.32 Å². The predicted octanol–water partition coefficient (Wildman–Crippen LogP) is 3.42. The van der Waals surface area contributed by atoms with Gasteiger partial charge in [-0.2, -0.15) is 5.26 Å². The fourth-order valence-electron chi connectivity index (χ4n) is 2.46. The molecule has 8 heteroatoms.